The van der Waals surface area contributed by atoms with E-state index >= 15 is 0 Å². The van der Waals surface area contributed by atoms with Crippen molar-refractivity contribution in [1.82, 2.24) is 5.32 Å². The fourth-order valence-electron chi connectivity index (χ4n) is 0.329. The topological polar surface area (TPSA) is 29.1 Å². The highest BCUT2D eigenvalue weighted by Gasteiger charge is 1.93. The van der Waals surface area contributed by atoms with Crippen molar-refractivity contribution >= 4 is 24.0 Å². The normalized spacial score (nSPS) is 12.1. The second kappa shape index (κ2) is 4.71. The van der Waals surface area contributed by atoms with E-state index in [1.54, 1.807) is 0 Å². The summed E-state index contributed by atoms with van der Waals surface area (Å²) in [4.78, 5) is 9.80. The van der Waals surface area contributed by atoms with Crippen molar-refractivity contribution < 1.29 is 4.79 Å². The van der Waals surface area contributed by atoms with E-state index in [0.717, 1.165) is 6.29 Å². The lowest BCUT2D eigenvalue weighted by atomic mass is 10.3. The maximum absolute atomic E-state index is 9.80. The van der Waals surface area contributed by atoms with Crippen LogP contribution in [0.1, 0.15) is 13.3 Å². The predicted octanol–water partition coefficient (Wildman–Crippen LogP) is 0.511. The first-order valence-corrected chi connectivity index (χ1v) is 2.91. The van der Waals surface area contributed by atoms with Crippen LogP contribution in [-0.2, 0) is 4.79 Å². The number of hydrogen-bond donors (Lipinski definition) is 1. The van der Waals surface area contributed by atoms with E-state index in [9.17, 15) is 4.79 Å². The van der Waals surface area contributed by atoms with Crippen LogP contribution >= 0.6 is 12.2 Å². The number of thiocarbonyl (C=S) groups is 1. The molecule has 0 saturated heterocycles. The first-order valence-electron chi connectivity index (χ1n) is 2.44. The van der Waals surface area contributed by atoms with E-state index in [4.69, 9.17) is 0 Å². The number of nitrogens with one attached hydrogen (secondary N) is 1. The molecule has 3 heteroatoms. The van der Waals surface area contributed by atoms with Crippen LogP contribution < -0.4 is 5.32 Å². The summed E-state index contributed by atoms with van der Waals surface area (Å²) in [6.07, 6.45) is 1.39. The Morgan fingerprint density at radius 2 is 2.50 bits per heavy atom. The van der Waals surface area contributed by atoms with Gasteiger partial charge in [-0.05, 0) is 6.92 Å². The third-order valence-corrected chi connectivity index (χ3v) is 0.938. The van der Waals surface area contributed by atoms with Crippen LogP contribution in [0.15, 0.2) is 0 Å². The van der Waals surface area contributed by atoms with Crippen molar-refractivity contribution in [3.05, 3.63) is 0 Å². The molecule has 0 spiro atoms. The maximum atomic E-state index is 9.80. The first-order chi connectivity index (χ1) is 3.81. The van der Waals surface area contributed by atoms with E-state index < -0.39 is 0 Å². The van der Waals surface area contributed by atoms with Gasteiger partial charge in [-0.2, -0.15) is 0 Å². The van der Waals surface area contributed by atoms with Crippen LogP contribution in [0.25, 0.3) is 0 Å². The highest BCUT2D eigenvalue weighted by atomic mass is 32.1. The lowest BCUT2D eigenvalue weighted by Crippen LogP contribution is -2.23. The maximum Gasteiger partial charge on any atom is 0.122 e. The summed E-state index contributed by atoms with van der Waals surface area (Å²) in [5.41, 5.74) is 1.42. The number of rotatable bonds is 4. The summed E-state index contributed by atoms with van der Waals surface area (Å²) in [6, 6.07) is 0.185. The Balaban J connectivity index is 3.16. The van der Waals surface area contributed by atoms with Gasteiger partial charge in [0.15, 0.2) is 0 Å². The molecule has 0 aromatic carbocycles. The summed E-state index contributed by atoms with van der Waals surface area (Å²) in [5, 5.41) is 2.80. The van der Waals surface area contributed by atoms with Crippen molar-refractivity contribution in [2.45, 2.75) is 19.4 Å². The van der Waals surface area contributed by atoms with Gasteiger partial charge in [-0.15, -0.1) is 0 Å². The second-order valence-corrected chi connectivity index (χ2v) is 1.82. The van der Waals surface area contributed by atoms with Gasteiger partial charge in [-0.25, -0.2) is 0 Å². The van der Waals surface area contributed by atoms with Crippen molar-refractivity contribution in [3.8, 4) is 0 Å². The Morgan fingerprint density at radius 3 is 2.88 bits per heavy atom. The van der Waals surface area contributed by atoms with Gasteiger partial charge in [0.2, 0.25) is 0 Å². The molecule has 0 aliphatic rings. The molecule has 0 bridgehead atoms. The standard InChI is InChI=1S/C5H9NOS/c1-5(2-3-7)6-4-8/h3-5H,2H2,1H3,(H,6,8). The number of carbonyl (C=O) groups excluding carboxylic acids is 1. The van der Waals surface area contributed by atoms with Gasteiger partial charge in [0, 0.05) is 12.5 Å². The summed E-state index contributed by atoms with van der Waals surface area (Å²) in [6.45, 7) is 1.90. The van der Waals surface area contributed by atoms with Gasteiger partial charge >= 0.3 is 0 Å². The van der Waals surface area contributed by atoms with Gasteiger partial charge in [0.05, 0.1) is 5.49 Å². The van der Waals surface area contributed by atoms with Crippen LogP contribution in [0, 0.1) is 0 Å². The zero-order valence-electron chi connectivity index (χ0n) is 4.76. The molecule has 0 aliphatic heterocycles. The van der Waals surface area contributed by atoms with E-state index in [1.165, 1.54) is 5.49 Å². The fraction of sp³-hybridized carbons (Fsp3) is 0.600. The molecule has 1 N–H and O–H groups in total. The molecular formula is C5H9NOS. The van der Waals surface area contributed by atoms with E-state index in [0.29, 0.717) is 6.42 Å². The lowest BCUT2D eigenvalue weighted by Gasteiger charge is -2.03. The van der Waals surface area contributed by atoms with E-state index in [2.05, 4.69) is 17.5 Å². The molecule has 0 saturated carbocycles. The smallest absolute Gasteiger partial charge is 0.122 e. The van der Waals surface area contributed by atoms with Gasteiger partial charge < -0.3 is 10.1 Å². The lowest BCUT2D eigenvalue weighted by molar-refractivity contribution is -0.108. The fourth-order valence-corrected chi connectivity index (χ4v) is 0.561. The molecule has 0 amide bonds. The molecule has 0 aliphatic carbocycles. The average Bonchev–Trinajstić information content (AvgIpc) is 1.68. The van der Waals surface area contributed by atoms with Crippen molar-refractivity contribution in [2.75, 3.05) is 0 Å². The van der Waals surface area contributed by atoms with Crippen LogP contribution in [0.2, 0.25) is 0 Å². The minimum atomic E-state index is 0.185. The summed E-state index contributed by atoms with van der Waals surface area (Å²) in [5.74, 6) is 0. The molecule has 0 heterocycles. The molecule has 8 heavy (non-hydrogen) atoms. The Morgan fingerprint density at radius 1 is 1.88 bits per heavy atom. The highest BCUT2D eigenvalue weighted by molar-refractivity contribution is 7.78. The van der Waals surface area contributed by atoms with Crippen molar-refractivity contribution in [2.24, 2.45) is 0 Å². The molecule has 46 valence electrons. The molecule has 1 atom stereocenters. The SMILES string of the molecule is CC(CC=O)NC=S. The summed E-state index contributed by atoms with van der Waals surface area (Å²) >= 11 is 4.49. The van der Waals surface area contributed by atoms with Gasteiger partial charge in [0.25, 0.3) is 0 Å². The third-order valence-electron chi connectivity index (χ3n) is 0.802. The van der Waals surface area contributed by atoms with Crippen LogP contribution in [0.4, 0.5) is 0 Å². The Hall–Kier alpha value is -0.440. The minimum Gasteiger partial charge on any atom is -0.379 e. The van der Waals surface area contributed by atoms with Crippen molar-refractivity contribution in [1.29, 1.82) is 0 Å². The second-order valence-electron chi connectivity index (χ2n) is 1.59. The van der Waals surface area contributed by atoms with Crippen LogP contribution in [0.5, 0.6) is 0 Å². The average molecular weight is 131 g/mol. The molecule has 0 aromatic rings. The van der Waals surface area contributed by atoms with Gasteiger partial charge in [-0.3, -0.25) is 0 Å². The Kier molecular flexibility index (Phi) is 4.45. The summed E-state index contributed by atoms with van der Waals surface area (Å²) in [7, 11) is 0. The summed E-state index contributed by atoms with van der Waals surface area (Å²) < 4.78 is 0. The quantitative estimate of drug-likeness (QED) is 0.445. The zero-order valence-corrected chi connectivity index (χ0v) is 5.57. The van der Waals surface area contributed by atoms with Crippen LogP contribution in [-0.4, -0.2) is 17.8 Å². The predicted molar refractivity (Wildman–Crippen MR) is 36.9 cm³/mol. The van der Waals surface area contributed by atoms with Gasteiger partial charge in [0.1, 0.15) is 6.29 Å². The number of aldehydes is 1. The molecule has 0 fully saturated rings. The largest absolute Gasteiger partial charge is 0.379 e. The van der Waals surface area contributed by atoms with E-state index in [1.807, 2.05) is 6.92 Å². The monoisotopic (exact) mass is 131 g/mol. The molecule has 0 aromatic heterocycles. The number of hydrogen-bond acceptors (Lipinski definition) is 2. The first kappa shape index (κ1) is 7.56. The molecule has 2 nitrogen and oxygen atoms in total. The molecule has 0 rings (SSSR count). The minimum absolute atomic E-state index is 0.185. The molecular weight excluding hydrogens is 122 g/mol. The molecule has 0 radical (unpaired) electrons. The van der Waals surface area contributed by atoms with Crippen molar-refractivity contribution in [3.63, 3.8) is 0 Å². The number of carbonyl (C=O) groups is 1. The zero-order chi connectivity index (χ0) is 6.41. The highest BCUT2D eigenvalue weighted by Crippen LogP contribution is 1.81. The van der Waals surface area contributed by atoms with Gasteiger partial charge in [-0.1, -0.05) is 12.2 Å². The third kappa shape index (κ3) is 3.74. The molecule has 1 unspecified atom stereocenters. The Bertz CT molecular complexity index is 74.5. The van der Waals surface area contributed by atoms with Crippen LogP contribution in [0.3, 0.4) is 0 Å². The van der Waals surface area contributed by atoms with E-state index in [-0.39, 0.29) is 6.04 Å². The Labute approximate surface area is 54.3 Å².